The van der Waals surface area contributed by atoms with Crippen molar-refractivity contribution in [1.29, 1.82) is 0 Å². The highest BCUT2D eigenvalue weighted by molar-refractivity contribution is 5.96. The molecule has 2 aliphatic carbocycles. The maximum atomic E-state index is 13.2. The number of H-pyrrole nitrogens is 2. The van der Waals surface area contributed by atoms with E-state index in [4.69, 9.17) is 4.98 Å². The molecule has 1 unspecified atom stereocenters. The fourth-order valence-corrected chi connectivity index (χ4v) is 4.95. The molecule has 0 aromatic carbocycles. The van der Waals surface area contributed by atoms with Crippen molar-refractivity contribution in [1.82, 2.24) is 25.1 Å². The van der Waals surface area contributed by atoms with Gasteiger partial charge in [-0.05, 0) is 52.4 Å². The van der Waals surface area contributed by atoms with Gasteiger partial charge in [0.15, 0.2) is 0 Å². The van der Waals surface area contributed by atoms with Gasteiger partial charge in [0.25, 0.3) is 11.5 Å². The molecule has 2 N–H and O–H groups in total. The minimum atomic E-state index is -0.174. The lowest BCUT2D eigenvalue weighted by molar-refractivity contribution is 0.0632. The second kappa shape index (κ2) is 5.78. The maximum Gasteiger partial charge on any atom is 0.257 e. The minimum Gasteiger partial charge on any atom is -0.338 e. The monoisotopic (exact) mass is 367 g/mol. The Kier molecular flexibility index (Phi) is 3.58. The topological polar surface area (TPSA) is 94.7 Å². The van der Waals surface area contributed by atoms with E-state index in [0.717, 1.165) is 73.5 Å². The van der Waals surface area contributed by atoms with Crippen LogP contribution in [0.2, 0.25) is 0 Å². The summed E-state index contributed by atoms with van der Waals surface area (Å²) >= 11 is 0. The van der Waals surface area contributed by atoms with E-state index in [-0.39, 0.29) is 16.9 Å². The lowest BCUT2D eigenvalue weighted by atomic mass is 9.77. The van der Waals surface area contributed by atoms with E-state index in [1.165, 1.54) is 0 Å². The highest BCUT2D eigenvalue weighted by Crippen LogP contribution is 2.45. The molecule has 1 aliphatic heterocycles. The molecule has 142 valence electrons. The third kappa shape index (κ3) is 2.55. The number of fused-ring (bicyclic) bond motifs is 2. The van der Waals surface area contributed by atoms with Gasteiger partial charge in [0.1, 0.15) is 5.82 Å². The van der Waals surface area contributed by atoms with Crippen molar-refractivity contribution in [3.8, 4) is 0 Å². The number of aryl methyl sites for hydroxylation is 2. The molecular formula is C20H25N5O2. The van der Waals surface area contributed by atoms with Gasteiger partial charge in [0, 0.05) is 35.7 Å². The number of nitrogens with zero attached hydrogens (tertiary/aromatic N) is 3. The van der Waals surface area contributed by atoms with Crippen molar-refractivity contribution in [3.05, 3.63) is 44.4 Å². The molecule has 1 saturated carbocycles. The van der Waals surface area contributed by atoms with E-state index < -0.39 is 0 Å². The molecule has 3 aliphatic rings. The van der Waals surface area contributed by atoms with E-state index in [1.807, 2.05) is 18.7 Å². The van der Waals surface area contributed by atoms with Crippen LogP contribution in [0.5, 0.6) is 0 Å². The van der Waals surface area contributed by atoms with Crippen LogP contribution in [0.25, 0.3) is 0 Å². The molecule has 1 atom stereocenters. The van der Waals surface area contributed by atoms with Crippen molar-refractivity contribution in [2.24, 2.45) is 0 Å². The van der Waals surface area contributed by atoms with Crippen molar-refractivity contribution in [3.63, 3.8) is 0 Å². The quantitative estimate of drug-likeness (QED) is 0.850. The first-order chi connectivity index (χ1) is 13.0. The summed E-state index contributed by atoms with van der Waals surface area (Å²) in [6, 6.07) is 0. The number of nitrogens with one attached hydrogen (secondary N) is 2. The Bertz CT molecular complexity index is 967. The zero-order valence-electron chi connectivity index (χ0n) is 15.9. The zero-order chi connectivity index (χ0) is 18.8. The molecule has 2 fully saturated rings. The lowest BCUT2D eigenvalue weighted by Gasteiger charge is -2.40. The zero-order valence-corrected chi connectivity index (χ0v) is 15.9. The van der Waals surface area contributed by atoms with Gasteiger partial charge in [-0.3, -0.25) is 14.7 Å². The predicted octanol–water partition coefficient (Wildman–Crippen LogP) is 2.11. The van der Waals surface area contributed by atoms with Crippen LogP contribution < -0.4 is 5.56 Å². The molecule has 7 heteroatoms. The number of aromatic amines is 2. The Morgan fingerprint density at radius 2 is 2.07 bits per heavy atom. The summed E-state index contributed by atoms with van der Waals surface area (Å²) in [5.74, 6) is 1.31. The molecule has 0 bridgehead atoms. The van der Waals surface area contributed by atoms with Crippen LogP contribution in [-0.2, 0) is 11.8 Å². The Hall–Kier alpha value is -2.44. The Morgan fingerprint density at radius 3 is 2.78 bits per heavy atom. The first-order valence-electron chi connectivity index (χ1n) is 9.93. The van der Waals surface area contributed by atoms with Crippen molar-refractivity contribution in [2.75, 3.05) is 13.1 Å². The third-order valence-electron chi connectivity index (χ3n) is 6.56. The summed E-state index contributed by atoms with van der Waals surface area (Å²) < 4.78 is 0. The number of likely N-dealkylation sites (tertiary alicyclic amines) is 1. The van der Waals surface area contributed by atoms with E-state index >= 15 is 0 Å². The Balaban J connectivity index is 1.50. The molecule has 1 amide bonds. The average molecular weight is 367 g/mol. The Morgan fingerprint density at radius 1 is 1.26 bits per heavy atom. The molecule has 1 saturated heterocycles. The van der Waals surface area contributed by atoms with Crippen LogP contribution in [0.15, 0.2) is 4.79 Å². The smallest absolute Gasteiger partial charge is 0.257 e. The molecular weight excluding hydrogens is 342 g/mol. The molecule has 5 rings (SSSR count). The van der Waals surface area contributed by atoms with Crippen molar-refractivity contribution < 1.29 is 4.79 Å². The summed E-state index contributed by atoms with van der Waals surface area (Å²) in [5, 5.41) is 7.09. The number of piperidine rings is 1. The van der Waals surface area contributed by atoms with Crippen LogP contribution in [0.4, 0.5) is 0 Å². The number of hydrogen-bond acceptors (Lipinski definition) is 4. The minimum absolute atomic E-state index is 0.0312. The molecule has 7 nitrogen and oxygen atoms in total. The molecule has 2 aromatic rings. The number of rotatable bonds is 2. The molecule has 1 spiro atoms. The first-order valence-corrected chi connectivity index (χ1v) is 9.93. The van der Waals surface area contributed by atoms with Crippen LogP contribution >= 0.6 is 0 Å². The lowest BCUT2D eigenvalue weighted by Crippen LogP contribution is -2.48. The highest BCUT2D eigenvalue weighted by atomic mass is 16.2. The van der Waals surface area contributed by atoms with Gasteiger partial charge in [-0.15, -0.1) is 0 Å². The van der Waals surface area contributed by atoms with Gasteiger partial charge in [-0.2, -0.15) is 5.10 Å². The van der Waals surface area contributed by atoms with E-state index in [1.54, 1.807) is 0 Å². The van der Waals surface area contributed by atoms with Gasteiger partial charge in [-0.1, -0.05) is 0 Å². The SMILES string of the molecule is Cc1n[nH]c(C)c1C(=O)N1CCCC2(CCc3c2nc(C2CC2)[nH]c3=O)C1. The normalized spacial score (nSPS) is 24.4. The Labute approximate surface area is 157 Å². The first kappa shape index (κ1) is 16.7. The van der Waals surface area contributed by atoms with Crippen LogP contribution in [0.1, 0.15) is 76.8 Å². The van der Waals surface area contributed by atoms with Gasteiger partial charge < -0.3 is 9.88 Å². The summed E-state index contributed by atoms with van der Waals surface area (Å²) in [4.78, 5) is 35.7. The van der Waals surface area contributed by atoms with Gasteiger partial charge in [0.05, 0.1) is 17.0 Å². The number of amides is 1. The largest absolute Gasteiger partial charge is 0.338 e. The predicted molar refractivity (Wildman–Crippen MR) is 100 cm³/mol. The number of carbonyl (C=O) groups excluding carboxylic acids is 1. The fraction of sp³-hybridized carbons (Fsp3) is 0.600. The number of carbonyl (C=O) groups is 1. The van der Waals surface area contributed by atoms with Gasteiger partial charge in [-0.25, -0.2) is 4.98 Å². The van der Waals surface area contributed by atoms with E-state index in [2.05, 4.69) is 15.2 Å². The number of aromatic nitrogens is 4. The second-order valence-electron chi connectivity index (χ2n) is 8.47. The standard InChI is InChI=1S/C20H25N5O2/c1-11-15(12(2)24-23-11)19(27)25-9-3-7-20(10-25)8-6-14-16(20)21-17(13-4-5-13)22-18(14)26/h13H,3-10H2,1-2H3,(H,23,24)(H,21,22,26). The van der Waals surface area contributed by atoms with E-state index in [9.17, 15) is 9.59 Å². The summed E-state index contributed by atoms with van der Waals surface area (Å²) in [6.07, 6.45) is 5.81. The molecule has 0 radical (unpaired) electrons. The molecule has 27 heavy (non-hydrogen) atoms. The van der Waals surface area contributed by atoms with E-state index in [0.29, 0.717) is 18.0 Å². The number of hydrogen-bond donors (Lipinski definition) is 2. The third-order valence-corrected chi connectivity index (χ3v) is 6.56. The highest BCUT2D eigenvalue weighted by Gasteiger charge is 2.46. The van der Waals surface area contributed by atoms with Crippen molar-refractivity contribution >= 4 is 5.91 Å². The summed E-state index contributed by atoms with van der Waals surface area (Å²) in [6.45, 7) is 5.15. The summed E-state index contributed by atoms with van der Waals surface area (Å²) in [7, 11) is 0. The molecule has 3 heterocycles. The maximum absolute atomic E-state index is 13.2. The van der Waals surface area contributed by atoms with Crippen molar-refractivity contribution in [2.45, 2.75) is 63.7 Å². The van der Waals surface area contributed by atoms with Crippen LogP contribution in [0.3, 0.4) is 0 Å². The molecule has 2 aromatic heterocycles. The van der Waals surface area contributed by atoms with Gasteiger partial charge in [0.2, 0.25) is 0 Å². The average Bonchev–Trinajstić information content (AvgIpc) is 3.38. The summed E-state index contributed by atoms with van der Waals surface area (Å²) in [5.41, 5.74) is 3.90. The second-order valence-corrected chi connectivity index (χ2v) is 8.47. The fourth-order valence-electron chi connectivity index (χ4n) is 4.95. The van der Waals surface area contributed by atoms with Gasteiger partial charge >= 0.3 is 0 Å². The van der Waals surface area contributed by atoms with Crippen LogP contribution in [-0.4, -0.2) is 44.1 Å². The van der Waals surface area contributed by atoms with Crippen LogP contribution in [0, 0.1) is 13.8 Å².